The average molecular weight is 309 g/mol. The molecule has 0 unspecified atom stereocenters. The second-order valence-corrected chi connectivity index (χ2v) is 6.02. The third-order valence-corrected chi connectivity index (χ3v) is 4.16. The molecule has 7 nitrogen and oxygen atoms in total. The van der Waals surface area contributed by atoms with E-state index in [2.05, 4.69) is 20.2 Å². The number of hydrogen-bond donors (Lipinski definition) is 2. The second kappa shape index (κ2) is 7.71. The van der Waals surface area contributed by atoms with Crippen molar-refractivity contribution in [3.8, 4) is 0 Å². The summed E-state index contributed by atoms with van der Waals surface area (Å²) in [6.07, 6.45) is 1.70. The van der Waals surface area contributed by atoms with Crippen LogP contribution in [0.2, 0.25) is 0 Å². The summed E-state index contributed by atoms with van der Waals surface area (Å²) in [6, 6.07) is 1.86. The SMILES string of the molecule is CC(C)n1nccc1NC(=O)[C@H](C)N1CCN(CCO)CC1. The molecule has 1 aliphatic rings. The van der Waals surface area contributed by atoms with Crippen LogP contribution in [-0.4, -0.2) is 76.0 Å². The second-order valence-electron chi connectivity index (χ2n) is 6.02. The maximum atomic E-state index is 12.4. The zero-order chi connectivity index (χ0) is 16.1. The van der Waals surface area contributed by atoms with Crippen LogP contribution >= 0.6 is 0 Å². The van der Waals surface area contributed by atoms with E-state index in [1.165, 1.54) is 0 Å². The fourth-order valence-electron chi connectivity index (χ4n) is 2.74. The van der Waals surface area contributed by atoms with Crippen molar-refractivity contribution < 1.29 is 9.90 Å². The molecule has 124 valence electrons. The van der Waals surface area contributed by atoms with Gasteiger partial charge in [-0.2, -0.15) is 5.10 Å². The van der Waals surface area contributed by atoms with Gasteiger partial charge < -0.3 is 10.4 Å². The first kappa shape index (κ1) is 16.9. The zero-order valence-corrected chi connectivity index (χ0v) is 13.7. The van der Waals surface area contributed by atoms with Gasteiger partial charge in [0.1, 0.15) is 5.82 Å². The van der Waals surface area contributed by atoms with E-state index in [4.69, 9.17) is 5.11 Å². The molecule has 2 heterocycles. The van der Waals surface area contributed by atoms with Gasteiger partial charge in [-0.25, -0.2) is 4.68 Å². The number of aromatic nitrogens is 2. The van der Waals surface area contributed by atoms with Crippen LogP contribution in [-0.2, 0) is 4.79 Å². The fourth-order valence-corrected chi connectivity index (χ4v) is 2.74. The van der Waals surface area contributed by atoms with Gasteiger partial charge >= 0.3 is 0 Å². The van der Waals surface area contributed by atoms with Crippen LogP contribution in [0.15, 0.2) is 12.3 Å². The molecule has 2 N–H and O–H groups in total. The Balaban J connectivity index is 1.89. The van der Waals surface area contributed by atoms with E-state index in [-0.39, 0.29) is 24.6 Å². The van der Waals surface area contributed by atoms with Crippen LogP contribution in [0.4, 0.5) is 5.82 Å². The summed E-state index contributed by atoms with van der Waals surface area (Å²) < 4.78 is 1.81. The Kier molecular flexibility index (Phi) is 5.93. The Bertz CT molecular complexity index is 480. The predicted octanol–water partition coefficient (Wildman–Crippen LogP) is 0.401. The van der Waals surface area contributed by atoms with Crippen LogP contribution in [0, 0.1) is 0 Å². The van der Waals surface area contributed by atoms with E-state index >= 15 is 0 Å². The Morgan fingerprint density at radius 3 is 2.59 bits per heavy atom. The highest BCUT2D eigenvalue weighted by atomic mass is 16.3. The number of nitrogens with zero attached hydrogens (tertiary/aromatic N) is 4. The molecule has 0 spiro atoms. The lowest BCUT2D eigenvalue weighted by Gasteiger charge is -2.37. The predicted molar refractivity (Wildman–Crippen MR) is 85.8 cm³/mol. The first-order chi connectivity index (χ1) is 10.5. The molecular formula is C15H27N5O2. The summed E-state index contributed by atoms with van der Waals surface area (Å²) >= 11 is 0. The van der Waals surface area contributed by atoms with Gasteiger partial charge in [-0.05, 0) is 20.8 Å². The van der Waals surface area contributed by atoms with Crippen molar-refractivity contribution in [1.29, 1.82) is 0 Å². The van der Waals surface area contributed by atoms with Gasteiger partial charge in [0.2, 0.25) is 5.91 Å². The van der Waals surface area contributed by atoms with Crippen LogP contribution in [0.1, 0.15) is 26.8 Å². The minimum Gasteiger partial charge on any atom is -0.395 e. The normalized spacial score (nSPS) is 18.6. The van der Waals surface area contributed by atoms with Crippen LogP contribution in [0.25, 0.3) is 0 Å². The van der Waals surface area contributed by atoms with Crippen LogP contribution in [0.3, 0.4) is 0 Å². The Labute approximate surface area is 131 Å². The molecule has 1 aliphatic heterocycles. The third-order valence-electron chi connectivity index (χ3n) is 4.16. The number of hydrogen-bond acceptors (Lipinski definition) is 5. The molecular weight excluding hydrogens is 282 g/mol. The maximum absolute atomic E-state index is 12.4. The molecule has 7 heteroatoms. The van der Waals surface area contributed by atoms with Crippen molar-refractivity contribution >= 4 is 11.7 Å². The average Bonchev–Trinajstić information content (AvgIpc) is 2.96. The van der Waals surface area contributed by atoms with E-state index in [1.54, 1.807) is 6.20 Å². The standard InChI is InChI=1S/C15H27N5O2/c1-12(2)20-14(4-5-16-20)17-15(22)13(3)19-8-6-18(7-9-19)10-11-21/h4-5,12-13,21H,6-11H2,1-3H3,(H,17,22)/t13-/m0/s1. The summed E-state index contributed by atoms with van der Waals surface area (Å²) in [4.78, 5) is 16.8. The Morgan fingerprint density at radius 1 is 1.32 bits per heavy atom. The summed E-state index contributed by atoms with van der Waals surface area (Å²) in [5.74, 6) is 0.740. The summed E-state index contributed by atoms with van der Waals surface area (Å²) in [6.45, 7) is 10.4. The number of β-amino-alcohol motifs (C(OH)–C–C–N with tert-alkyl or cyclic N) is 1. The third kappa shape index (κ3) is 4.06. The summed E-state index contributed by atoms with van der Waals surface area (Å²) in [7, 11) is 0. The Morgan fingerprint density at radius 2 is 2.00 bits per heavy atom. The molecule has 1 aromatic heterocycles. The first-order valence-electron chi connectivity index (χ1n) is 7.94. The number of aliphatic hydroxyl groups is 1. The number of piperazine rings is 1. The first-order valence-corrected chi connectivity index (χ1v) is 7.94. The molecule has 1 atom stereocenters. The number of carbonyl (C=O) groups excluding carboxylic acids is 1. The quantitative estimate of drug-likeness (QED) is 0.796. The molecule has 2 rings (SSSR count). The molecule has 1 amide bonds. The van der Waals surface area contributed by atoms with Gasteiger partial charge in [-0.3, -0.25) is 14.6 Å². The van der Waals surface area contributed by atoms with Crippen molar-refractivity contribution in [2.45, 2.75) is 32.9 Å². The van der Waals surface area contributed by atoms with Gasteiger partial charge in [0, 0.05) is 44.8 Å². The van der Waals surface area contributed by atoms with Gasteiger partial charge in [-0.1, -0.05) is 0 Å². The monoisotopic (exact) mass is 309 g/mol. The van der Waals surface area contributed by atoms with Crippen molar-refractivity contribution in [2.75, 3.05) is 44.6 Å². The minimum atomic E-state index is -0.174. The number of nitrogens with one attached hydrogen (secondary N) is 1. The number of carbonyl (C=O) groups is 1. The van der Waals surface area contributed by atoms with E-state index in [9.17, 15) is 4.79 Å². The lowest BCUT2D eigenvalue weighted by atomic mass is 10.2. The molecule has 1 saturated heterocycles. The minimum absolute atomic E-state index is 0.00184. The number of rotatable bonds is 6. The van der Waals surface area contributed by atoms with Gasteiger partial charge in [0.25, 0.3) is 0 Å². The lowest BCUT2D eigenvalue weighted by Crippen LogP contribution is -2.53. The maximum Gasteiger partial charge on any atom is 0.242 e. The van der Waals surface area contributed by atoms with Gasteiger partial charge in [0.05, 0.1) is 18.8 Å². The number of anilines is 1. The van der Waals surface area contributed by atoms with Crippen molar-refractivity contribution in [1.82, 2.24) is 19.6 Å². The summed E-state index contributed by atoms with van der Waals surface area (Å²) in [5, 5.41) is 16.2. The van der Waals surface area contributed by atoms with Crippen molar-refractivity contribution in [2.24, 2.45) is 0 Å². The summed E-state index contributed by atoms with van der Waals surface area (Å²) in [5.41, 5.74) is 0. The smallest absolute Gasteiger partial charge is 0.242 e. The largest absolute Gasteiger partial charge is 0.395 e. The lowest BCUT2D eigenvalue weighted by molar-refractivity contribution is -0.121. The topological polar surface area (TPSA) is 73.6 Å². The van der Waals surface area contributed by atoms with E-state index < -0.39 is 0 Å². The molecule has 0 bridgehead atoms. The molecule has 0 aliphatic carbocycles. The molecule has 0 saturated carbocycles. The highest BCUT2D eigenvalue weighted by Gasteiger charge is 2.26. The fraction of sp³-hybridized carbons (Fsp3) is 0.733. The molecule has 1 aromatic rings. The Hall–Kier alpha value is -1.44. The van der Waals surface area contributed by atoms with Crippen LogP contribution < -0.4 is 5.32 Å². The van der Waals surface area contributed by atoms with Gasteiger partial charge in [-0.15, -0.1) is 0 Å². The van der Waals surface area contributed by atoms with E-state index in [1.807, 2.05) is 31.5 Å². The van der Waals surface area contributed by atoms with Crippen LogP contribution in [0.5, 0.6) is 0 Å². The van der Waals surface area contributed by atoms with Crippen molar-refractivity contribution in [3.05, 3.63) is 12.3 Å². The van der Waals surface area contributed by atoms with Gasteiger partial charge in [0.15, 0.2) is 0 Å². The molecule has 1 fully saturated rings. The van der Waals surface area contributed by atoms with Crippen molar-refractivity contribution in [3.63, 3.8) is 0 Å². The molecule has 0 aromatic carbocycles. The molecule has 0 radical (unpaired) electrons. The highest BCUT2D eigenvalue weighted by molar-refractivity contribution is 5.93. The molecule has 22 heavy (non-hydrogen) atoms. The number of aliphatic hydroxyl groups excluding tert-OH is 1. The zero-order valence-electron chi connectivity index (χ0n) is 13.7. The number of amides is 1. The highest BCUT2D eigenvalue weighted by Crippen LogP contribution is 2.14. The van der Waals surface area contributed by atoms with E-state index in [0.717, 1.165) is 32.0 Å². The van der Waals surface area contributed by atoms with E-state index in [0.29, 0.717) is 6.54 Å².